The topological polar surface area (TPSA) is 155 Å². The molecule has 4 rings (SSSR count). The molecular weight excluding hydrogens is 727 g/mol. The second kappa shape index (κ2) is 19.7. The van der Waals surface area contributed by atoms with Crippen LogP contribution in [-0.4, -0.2) is 92.0 Å². The standard InChI is InChI=1S/C37H46Cl2N6O6S/c1-27-32(38)16-17-33(36(27)39)52(49,50)45(23-18-29-10-4-3-5-11-29)26-34(47)41-24-35(48)44(22-9-8-21-43-19-6-7-20-43)25-30-12-14-31(15-13-30)37(40)42-51-28(2)46/h3-5,10-17H,6-9,18-26H2,1-2H3,(H2,40,42)(H,41,47). The fourth-order valence-corrected chi connectivity index (χ4v) is 7.94. The van der Waals surface area contributed by atoms with Crippen LogP contribution in [0.1, 0.15) is 54.9 Å². The van der Waals surface area contributed by atoms with Gasteiger partial charge in [-0.25, -0.2) is 13.2 Å². The minimum absolute atomic E-state index is 0.000946. The minimum Gasteiger partial charge on any atom is -0.380 e. The van der Waals surface area contributed by atoms with Crippen molar-refractivity contribution in [3.8, 4) is 0 Å². The molecule has 0 saturated carbocycles. The first-order valence-electron chi connectivity index (χ1n) is 17.2. The van der Waals surface area contributed by atoms with Crippen molar-refractivity contribution in [3.05, 3.63) is 99.0 Å². The number of unbranched alkanes of at least 4 members (excludes halogenated alkanes) is 1. The Balaban J connectivity index is 1.45. The Morgan fingerprint density at radius 3 is 2.31 bits per heavy atom. The number of likely N-dealkylation sites (tertiary alicyclic amines) is 1. The highest BCUT2D eigenvalue weighted by atomic mass is 35.5. The molecule has 15 heteroatoms. The summed E-state index contributed by atoms with van der Waals surface area (Å²) in [7, 11) is -4.23. The van der Waals surface area contributed by atoms with E-state index in [9.17, 15) is 22.8 Å². The van der Waals surface area contributed by atoms with Crippen LogP contribution in [-0.2, 0) is 42.2 Å². The van der Waals surface area contributed by atoms with Crippen molar-refractivity contribution in [3.63, 3.8) is 0 Å². The zero-order valence-corrected chi connectivity index (χ0v) is 31.9. The third-order valence-electron chi connectivity index (χ3n) is 8.75. The maximum absolute atomic E-state index is 13.9. The molecular formula is C37H46Cl2N6O6S. The van der Waals surface area contributed by atoms with Gasteiger partial charge >= 0.3 is 5.97 Å². The fourth-order valence-electron chi connectivity index (χ4n) is 5.76. The zero-order valence-electron chi connectivity index (χ0n) is 29.5. The zero-order chi connectivity index (χ0) is 37.7. The van der Waals surface area contributed by atoms with Crippen LogP contribution in [0, 0.1) is 6.92 Å². The molecule has 0 spiro atoms. The second-order valence-corrected chi connectivity index (χ2v) is 15.4. The van der Waals surface area contributed by atoms with Crippen LogP contribution in [0.5, 0.6) is 0 Å². The molecule has 1 heterocycles. The normalized spacial score (nSPS) is 13.7. The number of sulfonamides is 1. The predicted octanol–water partition coefficient (Wildman–Crippen LogP) is 4.74. The van der Waals surface area contributed by atoms with E-state index in [4.69, 9.17) is 28.9 Å². The van der Waals surface area contributed by atoms with Crippen molar-refractivity contribution in [1.29, 1.82) is 0 Å². The lowest BCUT2D eigenvalue weighted by molar-refractivity contribution is -0.141. The average molecular weight is 774 g/mol. The Morgan fingerprint density at radius 1 is 0.942 bits per heavy atom. The van der Waals surface area contributed by atoms with E-state index in [-0.39, 0.29) is 41.3 Å². The third kappa shape index (κ3) is 12.0. The molecule has 3 aromatic rings. The number of nitrogens with zero attached hydrogens (tertiary/aromatic N) is 4. The lowest BCUT2D eigenvalue weighted by atomic mass is 10.1. The third-order valence-corrected chi connectivity index (χ3v) is 11.6. The molecule has 0 atom stereocenters. The molecule has 0 aromatic heterocycles. The van der Waals surface area contributed by atoms with Gasteiger partial charge in [0.05, 0.1) is 18.1 Å². The summed E-state index contributed by atoms with van der Waals surface area (Å²) in [5.41, 5.74) is 8.58. The molecule has 1 aliphatic heterocycles. The number of benzene rings is 3. The van der Waals surface area contributed by atoms with Crippen LogP contribution >= 0.6 is 23.2 Å². The van der Waals surface area contributed by atoms with Crippen molar-refractivity contribution >= 4 is 56.8 Å². The molecule has 1 aliphatic rings. The van der Waals surface area contributed by atoms with E-state index in [1.54, 1.807) is 36.1 Å². The lowest BCUT2D eigenvalue weighted by Gasteiger charge is -2.25. The van der Waals surface area contributed by atoms with Gasteiger partial charge in [0.1, 0.15) is 4.90 Å². The van der Waals surface area contributed by atoms with Gasteiger partial charge in [-0.2, -0.15) is 4.31 Å². The summed E-state index contributed by atoms with van der Waals surface area (Å²) in [6, 6.07) is 19.2. The van der Waals surface area contributed by atoms with Crippen LogP contribution in [0.4, 0.5) is 0 Å². The van der Waals surface area contributed by atoms with E-state index in [1.165, 1.54) is 31.9 Å². The van der Waals surface area contributed by atoms with Gasteiger partial charge in [-0.15, -0.1) is 0 Å². The van der Waals surface area contributed by atoms with Crippen LogP contribution in [0.15, 0.2) is 76.8 Å². The first-order valence-corrected chi connectivity index (χ1v) is 19.4. The molecule has 1 fully saturated rings. The first kappa shape index (κ1) is 40.8. The van der Waals surface area contributed by atoms with Crippen LogP contribution in [0.2, 0.25) is 10.0 Å². The Bertz CT molecular complexity index is 1820. The Hall–Kier alpha value is -4.01. The second-order valence-electron chi connectivity index (χ2n) is 12.7. The number of halogens is 2. The van der Waals surface area contributed by atoms with Gasteiger partial charge in [-0.3, -0.25) is 9.59 Å². The van der Waals surface area contributed by atoms with Gasteiger partial charge in [-0.1, -0.05) is 83.0 Å². The lowest BCUT2D eigenvalue weighted by Crippen LogP contribution is -2.45. The average Bonchev–Trinajstić information content (AvgIpc) is 3.65. The van der Waals surface area contributed by atoms with Crippen molar-refractivity contribution in [2.24, 2.45) is 10.9 Å². The van der Waals surface area contributed by atoms with E-state index >= 15 is 0 Å². The Morgan fingerprint density at radius 2 is 1.63 bits per heavy atom. The number of rotatable bonds is 18. The van der Waals surface area contributed by atoms with E-state index in [1.807, 2.05) is 30.3 Å². The molecule has 52 heavy (non-hydrogen) atoms. The van der Waals surface area contributed by atoms with E-state index in [2.05, 4.69) is 20.2 Å². The highest BCUT2D eigenvalue weighted by Gasteiger charge is 2.30. The number of amidine groups is 1. The number of oxime groups is 1. The Labute approximate surface area is 315 Å². The molecule has 12 nitrogen and oxygen atoms in total. The number of carbonyl (C=O) groups excluding carboxylic acids is 3. The highest BCUT2D eigenvalue weighted by Crippen LogP contribution is 2.32. The van der Waals surface area contributed by atoms with Gasteiger partial charge in [0.2, 0.25) is 21.8 Å². The summed E-state index contributed by atoms with van der Waals surface area (Å²) >= 11 is 12.6. The maximum atomic E-state index is 13.9. The quantitative estimate of drug-likeness (QED) is 0.0618. The summed E-state index contributed by atoms with van der Waals surface area (Å²) in [6.45, 7) is 5.88. The fraction of sp³-hybridized carbons (Fsp3) is 0.405. The van der Waals surface area contributed by atoms with Crippen LogP contribution < -0.4 is 11.1 Å². The van der Waals surface area contributed by atoms with E-state index in [0.29, 0.717) is 29.1 Å². The maximum Gasteiger partial charge on any atom is 0.332 e. The number of carbonyl (C=O) groups is 3. The number of hydrogen-bond acceptors (Lipinski definition) is 8. The molecule has 0 bridgehead atoms. The molecule has 3 aromatic carbocycles. The summed E-state index contributed by atoms with van der Waals surface area (Å²) < 4.78 is 28.9. The van der Waals surface area contributed by atoms with Crippen LogP contribution in [0.3, 0.4) is 0 Å². The van der Waals surface area contributed by atoms with E-state index < -0.39 is 28.4 Å². The molecule has 3 N–H and O–H groups in total. The van der Waals surface area contributed by atoms with Gasteiger partial charge in [-0.05, 0) is 87.5 Å². The monoisotopic (exact) mass is 772 g/mol. The molecule has 280 valence electrons. The van der Waals surface area contributed by atoms with Gasteiger partial charge in [0, 0.05) is 37.1 Å². The predicted molar refractivity (Wildman–Crippen MR) is 202 cm³/mol. The Kier molecular flexibility index (Phi) is 15.5. The van der Waals surface area contributed by atoms with Crippen molar-refractivity contribution in [1.82, 2.24) is 19.4 Å². The van der Waals surface area contributed by atoms with Crippen LogP contribution in [0.25, 0.3) is 0 Å². The molecule has 0 unspecified atom stereocenters. The smallest absolute Gasteiger partial charge is 0.332 e. The summed E-state index contributed by atoms with van der Waals surface area (Å²) in [6.07, 6.45) is 4.44. The molecule has 0 radical (unpaired) electrons. The summed E-state index contributed by atoms with van der Waals surface area (Å²) in [5.74, 6) is -1.50. The number of hydrogen-bond donors (Lipinski definition) is 2. The van der Waals surface area contributed by atoms with Gasteiger partial charge < -0.3 is 25.7 Å². The first-order chi connectivity index (χ1) is 24.8. The van der Waals surface area contributed by atoms with Crippen molar-refractivity contribution in [2.45, 2.75) is 57.4 Å². The molecule has 1 saturated heterocycles. The number of amides is 2. The number of nitrogens with one attached hydrogen (secondary N) is 1. The molecule has 2 amide bonds. The van der Waals surface area contributed by atoms with Gasteiger partial charge in [0.15, 0.2) is 5.84 Å². The molecule has 0 aliphatic carbocycles. The highest BCUT2D eigenvalue weighted by molar-refractivity contribution is 7.89. The number of nitrogens with two attached hydrogens (primary N) is 1. The minimum atomic E-state index is -4.23. The van der Waals surface area contributed by atoms with Gasteiger partial charge in [0.25, 0.3) is 0 Å². The summed E-state index contributed by atoms with van der Waals surface area (Å²) in [4.78, 5) is 46.6. The SMILES string of the molecule is CC(=O)O/N=C(/N)c1ccc(CN(CCCCN2CCCC2)C(=O)CNC(=O)CN(CCc2ccccc2)S(=O)(=O)c2ccc(Cl)c(C)c2Cl)cc1. The van der Waals surface area contributed by atoms with Crippen molar-refractivity contribution < 1.29 is 27.6 Å². The van der Waals surface area contributed by atoms with Crippen molar-refractivity contribution in [2.75, 3.05) is 45.8 Å². The van der Waals surface area contributed by atoms with E-state index in [0.717, 1.165) is 47.9 Å². The largest absolute Gasteiger partial charge is 0.380 e. The summed E-state index contributed by atoms with van der Waals surface area (Å²) in [5, 5.41) is 6.57.